The second-order valence-electron chi connectivity index (χ2n) is 4.02. The molecule has 1 saturated heterocycles. The van der Waals surface area contributed by atoms with E-state index in [2.05, 4.69) is 50.8 Å². The molecule has 1 aliphatic rings. The highest BCUT2D eigenvalue weighted by atomic mass is 79.9. The lowest BCUT2D eigenvalue weighted by molar-refractivity contribution is 0.574. The van der Waals surface area contributed by atoms with Gasteiger partial charge in [0.05, 0.1) is 0 Å². The number of benzene rings is 1. The summed E-state index contributed by atoms with van der Waals surface area (Å²) in [6.45, 7) is 2.25. The number of hydrogen-bond donors (Lipinski definition) is 2. The largest absolute Gasteiger partial charge is 0.385 e. The molecule has 0 aromatic heterocycles. The van der Waals surface area contributed by atoms with E-state index in [9.17, 15) is 0 Å². The number of nitrogens with one attached hydrogen (secondary N) is 2. The highest BCUT2D eigenvalue weighted by molar-refractivity contribution is 9.10. The minimum absolute atomic E-state index is 0.730. The second-order valence-corrected chi connectivity index (χ2v) is 4.93. The van der Waals surface area contributed by atoms with Gasteiger partial charge in [0.15, 0.2) is 0 Å². The molecule has 0 bridgehead atoms. The van der Waals surface area contributed by atoms with Crippen molar-refractivity contribution in [2.24, 2.45) is 0 Å². The zero-order chi connectivity index (χ0) is 10.5. The molecule has 0 saturated carbocycles. The topological polar surface area (TPSA) is 24.1 Å². The highest BCUT2D eigenvalue weighted by Crippen LogP contribution is 2.14. The molecule has 0 aliphatic carbocycles. The number of rotatable bonds is 4. The van der Waals surface area contributed by atoms with Gasteiger partial charge in [-0.15, -0.1) is 0 Å². The normalized spacial score (nSPS) is 20.5. The Morgan fingerprint density at radius 2 is 2.13 bits per heavy atom. The van der Waals surface area contributed by atoms with Crippen molar-refractivity contribution in [1.82, 2.24) is 5.32 Å². The summed E-state index contributed by atoms with van der Waals surface area (Å²) in [6.07, 6.45) is 3.89. The Morgan fingerprint density at radius 1 is 1.33 bits per heavy atom. The first kappa shape index (κ1) is 11.0. The van der Waals surface area contributed by atoms with Crippen molar-refractivity contribution in [2.45, 2.75) is 25.3 Å². The van der Waals surface area contributed by atoms with Crippen LogP contribution >= 0.6 is 15.9 Å². The van der Waals surface area contributed by atoms with E-state index in [0.717, 1.165) is 17.1 Å². The molecule has 1 aliphatic heterocycles. The van der Waals surface area contributed by atoms with Crippen molar-refractivity contribution in [3.63, 3.8) is 0 Å². The van der Waals surface area contributed by atoms with Crippen LogP contribution in [0.3, 0.4) is 0 Å². The molecule has 0 amide bonds. The van der Waals surface area contributed by atoms with Gasteiger partial charge in [0.2, 0.25) is 0 Å². The minimum Gasteiger partial charge on any atom is -0.385 e. The molecule has 1 heterocycles. The summed E-state index contributed by atoms with van der Waals surface area (Å²) in [5.74, 6) is 0. The average Bonchev–Trinajstić information content (AvgIpc) is 2.74. The third-order valence-corrected chi connectivity index (χ3v) is 3.36. The van der Waals surface area contributed by atoms with E-state index >= 15 is 0 Å². The van der Waals surface area contributed by atoms with E-state index in [-0.39, 0.29) is 0 Å². The minimum atomic E-state index is 0.730. The van der Waals surface area contributed by atoms with Gasteiger partial charge in [-0.25, -0.2) is 0 Å². The first-order valence-electron chi connectivity index (χ1n) is 5.57. The molecule has 82 valence electrons. The van der Waals surface area contributed by atoms with Crippen LogP contribution in [0.25, 0.3) is 0 Å². The summed E-state index contributed by atoms with van der Waals surface area (Å²) in [4.78, 5) is 0. The molecule has 2 N–H and O–H groups in total. The van der Waals surface area contributed by atoms with Crippen LogP contribution in [0.1, 0.15) is 19.3 Å². The van der Waals surface area contributed by atoms with E-state index < -0.39 is 0 Å². The molecule has 2 nitrogen and oxygen atoms in total. The standard InChI is InChI=1S/C12H17BrN2/c13-10-3-5-12(6-4-10)15-9-7-11-2-1-8-14-11/h3-6,11,14-15H,1-2,7-9H2. The molecular weight excluding hydrogens is 252 g/mol. The van der Waals surface area contributed by atoms with Gasteiger partial charge in [0.25, 0.3) is 0 Å². The van der Waals surface area contributed by atoms with Gasteiger partial charge in [-0.3, -0.25) is 0 Å². The fourth-order valence-electron chi connectivity index (χ4n) is 1.96. The molecule has 0 spiro atoms. The monoisotopic (exact) mass is 268 g/mol. The van der Waals surface area contributed by atoms with Gasteiger partial charge in [0.1, 0.15) is 0 Å². The first-order valence-corrected chi connectivity index (χ1v) is 6.37. The fourth-order valence-corrected chi connectivity index (χ4v) is 2.23. The fraction of sp³-hybridized carbons (Fsp3) is 0.500. The smallest absolute Gasteiger partial charge is 0.0340 e. The van der Waals surface area contributed by atoms with Crippen LogP contribution in [-0.4, -0.2) is 19.1 Å². The maximum absolute atomic E-state index is 3.50. The van der Waals surface area contributed by atoms with Crippen molar-refractivity contribution in [3.05, 3.63) is 28.7 Å². The third kappa shape index (κ3) is 3.50. The van der Waals surface area contributed by atoms with Crippen molar-refractivity contribution in [2.75, 3.05) is 18.4 Å². The number of anilines is 1. The summed E-state index contributed by atoms with van der Waals surface area (Å²) in [5.41, 5.74) is 1.20. The van der Waals surface area contributed by atoms with Crippen molar-refractivity contribution < 1.29 is 0 Å². The molecule has 1 atom stereocenters. The second kappa shape index (κ2) is 5.52. The van der Waals surface area contributed by atoms with E-state index in [0.29, 0.717) is 0 Å². The zero-order valence-corrected chi connectivity index (χ0v) is 10.4. The molecule has 1 unspecified atom stereocenters. The number of hydrogen-bond acceptors (Lipinski definition) is 2. The molecular formula is C12H17BrN2. The van der Waals surface area contributed by atoms with E-state index in [4.69, 9.17) is 0 Å². The van der Waals surface area contributed by atoms with Crippen LogP contribution in [0.5, 0.6) is 0 Å². The predicted octanol–water partition coefficient (Wildman–Crippen LogP) is 3.00. The third-order valence-electron chi connectivity index (χ3n) is 2.83. The van der Waals surface area contributed by atoms with Crippen molar-refractivity contribution in [1.29, 1.82) is 0 Å². The summed E-state index contributed by atoms with van der Waals surface area (Å²) in [5, 5.41) is 6.94. The van der Waals surface area contributed by atoms with E-state index in [1.54, 1.807) is 0 Å². The van der Waals surface area contributed by atoms with Crippen LogP contribution in [0.2, 0.25) is 0 Å². The molecule has 3 heteroatoms. The van der Waals surface area contributed by atoms with Crippen LogP contribution in [0, 0.1) is 0 Å². The van der Waals surface area contributed by atoms with Crippen LogP contribution < -0.4 is 10.6 Å². The highest BCUT2D eigenvalue weighted by Gasteiger charge is 2.12. The lowest BCUT2D eigenvalue weighted by atomic mass is 10.1. The Morgan fingerprint density at radius 3 is 2.80 bits per heavy atom. The van der Waals surface area contributed by atoms with Gasteiger partial charge >= 0.3 is 0 Å². The zero-order valence-electron chi connectivity index (χ0n) is 8.80. The molecule has 1 fully saturated rings. The maximum Gasteiger partial charge on any atom is 0.0340 e. The lowest BCUT2D eigenvalue weighted by Gasteiger charge is -2.11. The summed E-state index contributed by atoms with van der Waals surface area (Å²) < 4.78 is 1.13. The van der Waals surface area contributed by atoms with Crippen LogP contribution in [0.15, 0.2) is 28.7 Å². The van der Waals surface area contributed by atoms with Gasteiger partial charge < -0.3 is 10.6 Å². The SMILES string of the molecule is Brc1ccc(NCCC2CCCN2)cc1. The lowest BCUT2D eigenvalue weighted by Crippen LogP contribution is -2.24. The van der Waals surface area contributed by atoms with Crippen LogP contribution in [-0.2, 0) is 0 Å². The molecule has 0 radical (unpaired) electrons. The van der Waals surface area contributed by atoms with Gasteiger partial charge in [-0.2, -0.15) is 0 Å². The Balaban J connectivity index is 1.71. The molecule has 15 heavy (non-hydrogen) atoms. The Hall–Kier alpha value is -0.540. The Bertz CT molecular complexity index is 291. The summed E-state index contributed by atoms with van der Waals surface area (Å²) >= 11 is 3.43. The average molecular weight is 269 g/mol. The molecule has 1 aromatic rings. The summed E-state index contributed by atoms with van der Waals surface area (Å²) in [6, 6.07) is 9.07. The quantitative estimate of drug-likeness (QED) is 0.878. The van der Waals surface area contributed by atoms with Crippen molar-refractivity contribution in [3.8, 4) is 0 Å². The van der Waals surface area contributed by atoms with Gasteiger partial charge in [0, 0.05) is 22.7 Å². The predicted molar refractivity (Wildman–Crippen MR) is 68.3 cm³/mol. The molecule has 1 aromatic carbocycles. The Labute approximate surface area is 99.6 Å². The van der Waals surface area contributed by atoms with Crippen LogP contribution in [0.4, 0.5) is 5.69 Å². The maximum atomic E-state index is 3.50. The molecule has 2 rings (SSSR count). The number of halogens is 1. The van der Waals surface area contributed by atoms with Crippen molar-refractivity contribution >= 4 is 21.6 Å². The Kier molecular flexibility index (Phi) is 4.03. The first-order chi connectivity index (χ1) is 7.34. The van der Waals surface area contributed by atoms with Gasteiger partial charge in [-0.1, -0.05) is 15.9 Å². The summed E-state index contributed by atoms with van der Waals surface area (Å²) in [7, 11) is 0. The van der Waals surface area contributed by atoms with E-state index in [1.807, 2.05) is 0 Å². The van der Waals surface area contributed by atoms with Gasteiger partial charge in [-0.05, 0) is 50.1 Å². The van der Waals surface area contributed by atoms with E-state index in [1.165, 1.54) is 31.5 Å².